The molecule has 8 nitrogen and oxygen atoms in total. The largest absolute Gasteiger partial charge is 0.491 e. The molecule has 2 aromatic carbocycles. The molecular weight excluding hydrogens is 511 g/mol. The molecule has 1 aliphatic heterocycles. The van der Waals surface area contributed by atoms with Crippen molar-refractivity contribution in [2.45, 2.75) is 44.6 Å². The molecule has 1 atom stereocenters. The third kappa shape index (κ3) is 6.48. The zero-order valence-electron chi connectivity index (χ0n) is 22.3. The maximum absolute atomic E-state index is 14.7. The lowest BCUT2D eigenvalue weighted by molar-refractivity contribution is -0.118. The van der Waals surface area contributed by atoms with Crippen LogP contribution in [0.5, 0.6) is 17.4 Å². The average molecular weight is 545 g/mol. The van der Waals surface area contributed by atoms with Gasteiger partial charge in [0.05, 0.1) is 5.39 Å². The van der Waals surface area contributed by atoms with Gasteiger partial charge < -0.3 is 24.5 Å². The normalized spacial score (nSPS) is 16.4. The van der Waals surface area contributed by atoms with Crippen molar-refractivity contribution in [1.29, 1.82) is 0 Å². The van der Waals surface area contributed by atoms with Crippen LogP contribution < -0.4 is 9.47 Å². The Morgan fingerprint density at radius 3 is 2.60 bits per heavy atom. The minimum Gasteiger partial charge on any atom is -0.491 e. The summed E-state index contributed by atoms with van der Waals surface area (Å²) in [4.78, 5) is 26.3. The number of nitrogens with zero attached hydrogens (tertiary/aromatic N) is 3. The molecule has 2 fully saturated rings. The van der Waals surface area contributed by atoms with Crippen molar-refractivity contribution < 1.29 is 23.8 Å². The van der Waals surface area contributed by atoms with E-state index in [0.717, 1.165) is 37.2 Å². The first kappa shape index (κ1) is 26.4. The highest BCUT2D eigenvalue weighted by Gasteiger charge is 2.25. The number of carbonyl (C=O) groups is 1. The standard InChI is InChI=1S/C31H33FN4O4/c32-28-15-26(10-7-22(28)14-23(37)13-20-3-4-20)40-31-27-16-29(35-30(27)33-19-34-31)21-5-8-25(9-6-21)39-18-24(38)17-36-11-1-2-12-36/h5-10,15-16,19-20,24,38H,1-4,11-14,17-18H2,(H,33,34,35)/t24-/m1/s1. The Hall–Kier alpha value is -3.82. The van der Waals surface area contributed by atoms with Crippen molar-refractivity contribution >= 4 is 16.8 Å². The number of H-pyrrole nitrogens is 1. The van der Waals surface area contributed by atoms with E-state index in [1.807, 2.05) is 30.3 Å². The number of benzene rings is 2. The van der Waals surface area contributed by atoms with Gasteiger partial charge in [0.25, 0.3) is 0 Å². The van der Waals surface area contributed by atoms with Crippen LogP contribution in [-0.2, 0) is 11.2 Å². The van der Waals surface area contributed by atoms with Gasteiger partial charge in [0.2, 0.25) is 5.88 Å². The van der Waals surface area contributed by atoms with Gasteiger partial charge in [-0.15, -0.1) is 0 Å². The Bertz CT molecular complexity index is 1480. The summed E-state index contributed by atoms with van der Waals surface area (Å²) < 4.78 is 26.5. The molecule has 1 saturated carbocycles. The van der Waals surface area contributed by atoms with E-state index in [0.29, 0.717) is 52.9 Å². The Balaban J connectivity index is 1.10. The predicted molar refractivity (Wildman–Crippen MR) is 149 cm³/mol. The molecule has 208 valence electrons. The van der Waals surface area contributed by atoms with E-state index >= 15 is 0 Å². The number of hydrogen-bond donors (Lipinski definition) is 2. The topological polar surface area (TPSA) is 101 Å². The molecule has 6 rings (SSSR count). The Labute approximate surface area is 232 Å². The van der Waals surface area contributed by atoms with Gasteiger partial charge in [-0.05, 0) is 92.2 Å². The van der Waals surface area contributed by atoms with Crippen LogP contribution in [0.1, 0.15) is 37.7 Å². The number of β-amino-alcohol motifs (C(OH)–C–C–N with tert-alkyl or cyclic N) is 1. The summed E-state index contributed by atoms with van der Waals surface area (Å²) in [6.45, 7) is 2.96. The van der Waals surface area contributed by atoms with Gasteiger partial charge in [0.1, 0.15) is 47.8 Å². The minimum atomic E-state index is -0.525. The fourth-order valence-electron chi connectivity index (χ4n) is 5.17. The second-order valence-corrected chi connectivity index (χ2v) is 10.8. The van der Waals surface area contributed by atoms with E-state index < -0.39 is 11.9 Å². The summed E-state index contributed by atoms with van der Waals surface area (Å²) in [6.07, 6.45) is 6.08. The fraction of sp³-hybridized carbons (Fsp3) is 0.387. The van der Waals surface area contributed by atoms with Gasteiger partial charge >= 0.3 is 0 Å². The lowest BCUT2D eigenvalue weighted by Crippen LogP contribution is -2.33. The number of ketones is 1. The molecule has 0 radical (unpaired) electrons. The molecule has 1 aliphatic carbocycles. The molecule has 4 aromatic rings. The van der Waals surface area contributed by atoms with E-state index in [1.165, 1.54) is 25.2 Å². The molecule has 0 spiro atoms. The number of aromatic nitrogens is 3. The number of aromatic amines is 1. The third-order valence-electron chi connectivity index (χ3n) is 7.50. The summed E-state index contributed by atoms with van der Waals surface area (Å²) in [5.41, 5.74) is 2.70. The molecule has 0 amide bonds. The highest BCUT2D eigenvalue weighted by atomic mass is 19.1. The van der Waals surface area contributed by atoms with E-state index in [4.69, 9.17) is 9.47 Å². The second kappa shape index (κ2) is 11.7. The highest BCUT2D eigenvalue weighted by Crippen LogP contribution is 2.34. The van der Waals surface area contributed by atoms with E-state index in [2.05, 4.69) is 19.9 Å². The van der Waals surface area contributed by atoms with Gasteiger partial charge in [-0.25, -0.2) is 14.4 Å². The van der Waals surface area contributed by atoms with E-state index in [1.54, 1.807) is 12.1 Å². The summed E-state index contributed by atoms with van der Waals surface area (Å²) in [5, 5.41) is 10.9. The van der Waals surface area contributed by atoms with Crippen LogP contribution in [-0.4, -0.2) is 63.1 Å². The molecule has 9 heteroatoms. The van der Waals surface area contributed by atoms with Gasteiger partial charge in [-0.2, -0.15) is 0 Å². The first-order valence-corrected chi connectivity index (χ1v) is 14.0. The maximum Gasteiger partial charge on any atom is 0.231 e. The summed E-state index contributed by atoms with van der Waals surface area (Å²) in [6, 6.07) is 14.0. The van der Waals surface area contributed by atoms with Crippen LogP contribution >= 0.6 is 0 Å². The average Bonchev–Trinajstić information content (AvgIpc) is 3.41. The number of aliphatic hydroxyl groups excluding tert-OH is 1. The van der Waals surface area contributed by atoms with Gasteiger partial charge in [0, 0.05) is 31.1 Å². The molecule has 2 aromatic heterocycles. The van der Waals surface area contributed by atoms with Crippen molar-refractivity contribution in [3.05, 3.63) is 66.2 Å². The van der Waals surface area contributed by atoms with Crippen molar-refractivity contribution in [2.24, 2.45) is 5.92 Å². The molecule has 0 bridgehead atoms. The number of carbonyl (C=O) groups excluding carboxylic acids is 1. The van der Waals surface area contributed by atoms with Gasteiger partial charge in [-0.3, -0.25) is 4.79 Å². The second-order valence-electron chi connectivity index (χ2n) is 10.8. The Kier molecular flexibility index (Phi) is 7.75. The number of ether oxygens (including phenoxy) is 2. The molecule has 2 aliphatic rings. The van der Waals surface area contributed by atoms with Crippen LogP contribution in [0.3, 0.4) is 0 Å². The maximum atomic E-state index is 14.7. The molecule has 2 N–H and O–H groups in total. The minimum absolute atomic E-state index is 0.0714. The summed E-state index contributed by atoms with van der Waals surface area (Å²) >= 11 is 0. The van der Waals surface area contributed by atoms with Gasteiger partial charge in [0.15, 0.2) is 0 Å². The monoisotopic (exact) mass is 544 g/mol. The predicted octanol–water partition coefficient (Wildman–Crippen LogP) is 5.30. The lowest BCUT2D eigenvalue weighted by atomic mass is 10.0. The van der Waals surface area contributed by atoms with Crippen LogP contribution in [0.15, 0.2) is 54.9 Å². The number of nitrogens with one attached hydrogen (secondary N) is 1. The van der Waals surface area contributed by atoms with Crippen molar-refractivity contribution in [1.82, 2.24) is 19.9 Å². The number of Topliss-reactive ketones (excluding diaryl/α,β-unsaturated/α-hetero) is 1. The smallest absolute Gasteiger partial charge is 0.231 e. The van der Waals surface area contributed by atoms with Crippen LogP contribution in [0.4, 0.5) is 4.39 Å². The number of rotatable bonds is 12. The molecular formula is C31H33FN4O4. The first-order chi connectivity index (χ1) is 19.5. The molecule has 1 saturated heterocycles. The molecule has 3 heterocycles. The Morgan fingerprint density at radius 1 is 1.07 bits per heavy atom. The van der Waals surface area contributed by atoms with E-state index in [-0.39, 0.29) is 18.8 Å². The zero-order chi connectivity index (χ0) is 27.5. The zero-order valence-corrected chi connectivity index (χ0v) is 22.3. The number of likely N-dealkylation sites (tertiary alicyclic amines) is 1. The van der Waals surface area contributed by atoms with Crippen molar-refractivity contribution in [3.8, 4) is 28.6 Å². The van der Waals surface area contributed by atoms with Crippen LogP contribution in [0, 0.1) is 11.7 Å². The SMILES string of the molecule is O=C(Cc1ccc(Oc2ncnc3[nH]c(-c4ccc(OC[C@H](O)CN5CCCC5)cc4)cc23)cc1F)CC1CC1. The highest BCUT2D eigenvalue weighted by molar-refractivity contribution is 5.87. The van der Waals surface area contributed by atoms with Crippen LogP contribution in [0.2, 0.25) is 0 Å². The third-order valence-corrected chi connectivity index (χ3v) is 7.50. The number of halogens is 1. The van der Waals surface area contributed by atoms with Gasteiger partial charge in [-0.1, -0.05) is 6.07 Å². The summed E-state index contributed by atoms with van der Waals surface area (Å²) in [7, 11) is 0. The Morgan fingerprint density at radius 2 is 1.85 bits per heavy atom. The number of aliphatic hydroxyl groups is 1. The molecule has 0 unspecified atom stereocenters. The molecule has 40 heavy (non-hydrogen) atoms. The van der Waals surface area contributed by atoms with Crippen molar-refractivity contribution in [2.75, 3.05) is 26.2 Å². The number of hydrogen-bond acceptors (Lipinski definition) is 7. The summed E-state index contributed by atoms with van der Waals surface area (Å²) in [5.74, 6) is 1.38. The van der Waals surface area contributed by atoms with E-state index in [9.17, 15) is 14.3 Å². The quantitative estimate of drug-likeness (QED) is 0.250. The number of fused-ring (bicyclic) bond motifs is 1. The lowest BCUT2D eigenvalue weighted by Gasteiger charge is -2.19. The first-order valence-electron chi connectivity index (χ1n) is 14.0. The van der Waals surface area contributed by atoms with Crippen molar-refractivity contribution in [3.63, 3.8) is 0 Å². The van der Waals surface area contributed by atoms with Crippen LogP contribution in [0.25, 0.3) is 22.3 Å². The fourth-order valence-corrected chi connectivity index (χ4v) is 5.17.